The van der Waals surface area contributed by atoms with E-state index < -0.39 is 0 Å². The van der Waals surface area contributed by atoms with E-state index in [1.165, 1.54) is 0 Å². The van der Waals surface area contributed by atoms with Crippen molar-refractivity contribution in [2.24, 2.45) is 12.8 Å². The summed E-state index contributed by atoms with van der Waals surface area (Å²) in [6.45, 7) is 2.21. The van der Waals surface area contributed by atoms with Crippen molar-refractivity contribution < 1.29 is 4.52 Å². The fourth-order valence-corrected chi connectivity index (χ4v) is 2.15. The molecule has 0 bridgehead atoms. The molecule has 0 unspecified atom stereocenters. The van der Waals surface area contributed by atoms with Crippen molar-refractivity contribution in [3.05, 3.63) is 29.8 Å². The van der Waals surface area contributed by atoms with E-state index >= 15 is 0 Å². The Morgan fingerprint density at radius 2 is 2.22 bits per heavy atom. The van der Waals surface area contributed by atoms with Crippen LogP contribution in [0.5, 0.6) is 0 Å². The zero-order valence-electron chi connectivity index (χ0n) is 10.2. The van der Waals surface area contributed by atoms with Gasteiger partial charge in [-0.05, 0) is 13.0 Å². The molecule has 3 rings (SSSR count). The average Bonchev–Trinajstić information content (AvgIpc) is 2.95. The van der Waals surface area contributed by atoms with Gasteiger partial charge in [0.15, 0.2) is 0 Å². The van der Waals surface area contributed by atoms with Crippen molar-refractivity contribution in [3.63, 3.8) is 0 Å². The van der Waals surface area contributed by atoms with Crippen molar-refractivity contribution in [1.82, 2.24) is 19.9 Å². The second-order valence-corrected chi connectivity index (χ2v) is 4.12. The molecule has 0 radical (unpaired) electrons. The second kappa shape index (κ2) is 3.92. The molecule has 0 saturated heterocycles. The maximum atomic E-state index is 5.48. The number of benzene rings is 1. The van der Waals surface area contributed by atoms with Gasteiger partial charge in [-0.2, -0.15) is 10.1 Å². The molecule has 0 amide bonds. The van der Waals surface area contributed by atoms with Gasteiger partial charge in [-0.25, -0.2) is 0 Å². The Bertz CT molecular complexity index is 712. The molecule has 6 heteroatoms. The first kappa shape index (κ1) is 10.9. The fraction of sp³-hybridized carbons (Fsp3) is 0.250. The first-order valence-electron chi connectivity index (χ1n) is 5.66. The van der Waals surface area contributed by atoms with Crippen LogP contribution in [0.2, 0.25) is 0 Å². The number of nitrogens with zero attached hydrogens (tertiary/aromatic N) is 4. The van der Waals surface area contributed by atoms with Gasteiger partial charge in [0.05, 0.1) is 17.8 Å². The molecular formula is C12H13N5O. The lowest BCUT2D eigenvalue weighted by molar-refractivity contribution is 0.380. The smallest absolute Gasteiger partial charge is 0.240 e. The maximum Gasteiger partial charge on any atom is 0.240 e. The second-order valence-electron chi connectivity index (χ2n) is 4.12. The summed E-state index contributed by atoms with van der Waals surface area (Å²) >= 11 is 0. The molecule has 3 aromatic rings. The molecule has 0 aliphatic carbocycles. The molecule has 0 aliphatic heterocycles. The highest BCUT2D eigenvalue weighted by molar-refractivity contribution is 5.95. The van der Waals surface area contributed by atoms with Gasteiger partial charge < -0.3 is 10.3 Å². The number of aromatic nitrogens is 4. The summed E-state index contributed by atoms with van der Waals surface area (Å²) in [5.41, 5.74) is 8.39. The Balaban J connectivity index is 2.28. The Morgan fingerprint density at radius 3 is 2.94 bits per heavy atom. The molecule has 0 saturated carbocycles. The van der Waals surface area contributed by atoms with Crippen molar-refractivity contribution in [1.29, 1.82) is 0 Å². The van der Waals surface area contributed by atoms with E-state index in [0.717, 1.165) is 22.2 Å². The average molecular weight is 243 g/mol. The summed E-state index contributed by atoms with van der Waals surface area (Å²) in [6.07, 6.45) is 0. The van der Waals surface area contributed by atoms with E-state index in [9.17, 15) is 0 Å². The minimum absolute atomic E-state index is 0.245. The van der Waals surface area contributed by atoms with Gasteiger partial charge in [-0.15, -0.1) is 0 Å². The Labute approximate surface area is 103 Å². The summed E-state index contributed by atoms with van der Waals surface area (Å²) in [6, 6.07) is 5.93. The molecule has 0 spiro atoms. The third-order valence-electron chi connectivity index (χ3n) is 2.94. The predicted molar refractivity (Wildman–Crippen MR) is 66.6 cm³/mol. The lowest BCUT2D eigenvalue weighted by Crippen LogP contribution is -1.95. The topological polar surface area (TPSA) is 82.8 Å². The van der Waals surface area contributed by atoms with Gasteiger partial charge in [0, 0.05) is 18.0 Å². The number of aryl methyl sites for hydroxylation is 2. The standard InChI is InChI=1S/C12H13N5O/c1-7-11-8(12-14-10(6-13)18-16-12)4-3-5-9(11)17(2)15-7/h3-5H,6,13H2,1-2H3. The number of nitrogens with two attached hydrogens (primary N) is 1. The zero-order valence-corrected chi connectivity index (χ0v) is 10.2. The minimum atomic E-state index is 0.245. The predicted octanol–water partition coefficient (Wildman–Crippen LogP) is 1.39. The van der Waals surface area contributed by atoms with Crippen LogP contribution in [0.25, 0.3) is 22.3 Å². The summed E-state index contributed by atoms with van der Waals surface area (Å²) in [5.74, 6) is 0.987. The van der Waals surface area contributed by atoms with E-state index in [0.29, 0.717) is 11.7 Å². The lowest BCUT2D eigenvalue weighted by atomic mass is 10.1. The van der Waals surface area contributed by atoms with E-state index in [1.807, 2.05) is 36.9 Å². The first-order chi connectivity index (χ1) is 8.70. The molecule has 2 N–H and O–H groups in total. The molecule has 92 valence electrons. The number of fused-ring (bicyclic) bond motifs is 1. The van der Waals surface area contributed by atoms with Gasteiger partial charge in [0.2, 0.25) is 11.7 Å². The van der Waals surface area contributed by atoms with Gasteiger partial charge in [-0.1, -0.05) is 17.3 Å². The molecule has 18 heavy (non-hydrogen) atoms. The Kier molecular flexibility index (Phi) is 2.38. The highest BCUT2D eigenvalue weighted by atomic mass is 16.5. The highest BCUT2D eigenvalue weighted by Gasteiger charge is 2.15. The van der Waals surface area contributed by atoms with Gasteiger partial charge in [0.1, 0.15) is 0 Å². The van der Waals surface area contributed by atoms with Crippen LogP contribution in [0.1, 0.15) is 11.6 Å². The van der Waals surface area contributed by atoms with Crippen molar-refractivity contribution >= 4 is 10.9 Å². The lowest BCUT2D eigenvalue weighted by Gasteiger charge is -1.98. The molecule has 2 aromatic heterocycles. The molecule has 0 fully saturated rings. The Hall–Kier alpha value is -2.21. The van der Waals surface area contributed by atoms with Gasteiger partial charge in [-0.3, -0.25) is 4.68 Å². The molecule has 0 atom stereocenters. The van der Waals surface area contributed by atoms with E-state index in [1.54, 1.807) is 0 Å². The van der Waals surface area contributed by atoms with Crippen LogP contribution in [0.4, 0.5) is 0 Å². The summed E-state index contributed by atoms with van der Waals surface area (Å²) in [7, 11) is 1.92. The van der Waals surface area contributed by atoms with E-state index in [4.69, 9.17) is 10.3 Å². The summed E-state index contributed by atoms with van der Waals surface area (Å²) in [4.78, 5) is 4.26. The van der Waals surface area contributed by atoms with Crippen LogP contribution in [-0.2, 0) is 13.6 Å². The third kappa shape index (κ3) is 1.50. The zero-order chi connectivity index (χ0) is 12.7. The van der Waals surface area contributed by atoms with Crippen LogP contribution in [-0.4, -0.2) is 19.9 Å². The molecule has 0 aliphatic rings. The maximum absolute atomic E-state index is 5.48. The van der Waals surface area contributed by atoms with Gasteiger partial charge >= 0.3 is 0 Å². The number of rotatable bonds is 2. The number of hydrogen-bond donors (Lipinski definition) is 1. The van der Waals surface area contributed by atoms with Crippen LogP contribution < -0.4 is 5.73 Å². The molecule has 6 nitrogen and oxygen atoms in total. The molecular weight excluding hydrogens is 230 g/mol. The van der Waals surface area contributed by atoms with E-state index in [-0.39, 0.29) is 6.54 Å². The van der Waals surface area contributed by atoms with Crippen LogP contribution in [0.15, 0.2) is 22.7 Å². The normalized spacial score (nSPS) is 11.3. The Morgan fingerprint density at radius 1 is 1.39 bits per heavy atom. The first-order valence-corrected chi connectivity index (χ1v) is 5.66. The fourth-order valence-electron chi connectivity index (χ4n) is 2.15. The van der Waals surface area contributed by atoms with E-state index in [2.05, 4.69) is 15.2 Å². The summed E-state index contributed by atoms with van der Waals surface area (Å²) in [5, 5.41) is 9.41. The monoisotopic (exact) mass is 243 g/mol. The summed E-state index contributed by atoms with van der Waals surface area (Å²) < 4.78 is 6.90. The van der Waals surface area contributed by atoms with Crippen molar-refractivity contribution in [2.75, 3.05) is 0 Å². The quantitative estimate of drug-likeness (QED) is 0.735. The minimum Gasteiger partial charge on any atom is -0.338 e. The van der Waals surface area contributed by atoms with Crippen LogP contribution in [0, 0.1) is 6.92 Å². The van der Waals surface area contributed by atoms with Gasteiger partial charge in [0.25, 0.3) is 0 Å². The van der Waals surface area contributed by atoms with Crippen LogP contribution in [0.3, 0.4) is 0 Å². The van der Waals surface area contributed by atoms with Crippen LogP contribution >= 0.6 is 0 Å². The van der Waals surface area contributed by atoms with Crippen molar-refractivity contribution in [3.8, 4) is 11.4 Å². The van der Waals surface area contributed by atoms with Crippen molar-refractivity contribution in [2.45, 2.75) is 13.5 Å². The number of hydrogen-bond acceptors (Lipinski definition) is 5. The third-order valence-corrected chi connectivity index (χ3v) is 2.94. The molecule has 2 heterocycles. The largest absolute Gasteiger partial charge is 0.338 e. The molecule has 1 aromatic carbocycles. The SMILES string of the molecule is Cc1nn(C)c2cccc(-c3noc(CN)n3)c12. The highest BCUT2D eigenvalue weighted by Crippen LogP contribution is 2.28.